The molecule has 0 saturated carbocycles. The summed E-state index contributed by atoms with van der Waals surface area (Å²) < 4.78 is 0. The summed E-state index contributed by atoms with van der Waals surface area (Å²) in [6.07, 6.45) is -0.0401. The molecule has 0 aromatic carbocycles. The highest BCUT2D eigenvalue weighted by molar-refractivity contribution is 8.02. The van der Waals surface area contributed by atoms with Crippen LogP contribution in [0.1, 0.15) is 6.42 Å². The molecule has 1 fully saturated rings. The largest absolute Gasteiger partial charge is 0.198 e. The molecule has 0 aromatic rings. The van der Waals surface area contributed by atoms with E-state index < -0.39 is 19.2 Å². The molecular weight excluding hydrogens is 236 g/mol. The van der Waals surface area contributed by atoms with Gasteiger partial charge in [0.15, 0.2) is 0 Å². The Morgan fingerprint density at radius 3 is 2.05 bits per heavy atom. The van der Waals surface area contributed by atoms with Crippen molar-refractivity contribution in [3.8, 4) is 6.07 Å². The third kappa shape index (κ3) is 10.1. The fraction of sp³-hybridized carbons (Fsp3) is 0.800. The number of rotatable bonds is 7. The molecule has 1 aliphatic heterocycles. The smallest absolute Gasteiger partial charge is 0.136 e. The first-order chi connectivity index (χ1) is 8.93. The van der Waals surface area contributed by atoms with Gasteiger partial charge in [-0.1, -0.05) is 6.32 Å². The lowest BCUT2D eigenvalue weighted by atomic mass is 8.56. The van der Waals surface area contributed by atoms with Gasteiger partial charge in [0.05, 0.1) is 6.07 Å². The molecule has 13 radical (unpaired) electrons. The average molecular weight is 244 g/mol. The van der Waals surface area contributed by atoms with Crippen LogP contribution in [-0.2, 0) is 0 Å². The molecular formula is C5H8B12NS. The molecule has 1 unspecified atom stereocenters. The zero-order valence-corrected chi connectivity index (χ0v) is 11.9. The predicted molar refractivity (Wildman–Crippen MR) is 102 cm³/mol. The Morgan fingerprint density at radius 1 is 1.26 bits per heavy atom. The molecule has 0 amide bonds. The molecule has 0 spiro atoms. The first-order valence-corrected chi connectivity index (χ1v) is 7.30. The molecule has 75 valence electrons. The van der Waals surface area contributed by atoms with Gasteiger partial charge in [-0.3, -0.25) is 0 Å². The zero-order valence-electron chi connectivity index (χ0n) is 11.1. The first-order valence-electron chi connectivity index (χ1n) is 6.25. The topological polar surface area (TPSA) is 23.8 Å². The second kappa shape index (κ2) is 11.3. The van der Waals surface area contributed by atoms with Crippen LogP contribution >= 0.6 is 11.8 Å². The SMILES string of the molecule is N#CCCSC1BC1.[B][B]B([B])B(B([B])[B])B([B])[B]. The van der Waals surface area contributed by atoms with Crippen LogP contribution < -0.4 is 0 Å². The van der Waals surface area contributed by atoms with E-state index in [1.807, 2.05) is 11.8 Å². The lowest BCUT2D eigenvalue weighted by molar-refractivity contribution is 1.24. The molecule has 0 aliphatic carbocycles. The number of thioether (sulfide) groups is 1. The molecule has 1 saturated heterocycles. The van der Waals surface area contributed by atoms with Crippen molar-refractivity contribution in [3.05, 3.63) is 0 Å². The van der Waals surface area contributed by atoms with E-state index in [1.54, 1.807) is 0 Å². The van der Waals surface area contributed by atoms with Crippen LogP contribution in [0.3, 0.4) is 0 Å². The summed E-state index contributed by atoms with van der Waals surface area (Å²) in [6.45, 7) is 0. The van der Waals surface area contributed by atoms with Crippen molar-refractivity contribution in [2.75, 3.05) is 5.75 Å². The Kier molecular flexibility index (Phi) is 11.7. The van der Waals surface area contributed by atoms with Crippen molar-refractivity contribution in [2.45, 2.75) is 17.9 Å². The van der Waals surface area contributed by atoms with Crippen molar-refractivity contribution < 1.29 is 0 Å². The number of hydrogen-bond donors (Lipinski definition) is 0. The molecule has 1 aliphatic rings. The maximum Gasteiger partial charge on any atom is 0.136 e. The number of nitriles is 1. The van der Waals surface area contributed by atoms with E-state index in [0.29, 0.717) is 0 Å². The summed E-state index contributed by atoms with van der Waals surface area (Å²) in [4.78, 5) is 0. The molecule has 14 heteroatoms. The van der Waals surface area contributed by atoms with E-state index in [0.717, 1.165) is 17.3 Å². The second-order valence-corrected chi connectivity index (χ2v) is 5.89. The van der Waals surface area contributed by atoms with Crippen molar-refractivity contribution in [1.82, 2.24) is 0 Å². The van der Waals surface area contributed by atoms with E-state index in [1.165, 1.54) is 20.7 Å². The quantitative estimate of drug-likeness (QED) is 0.345. The molecule has 1 nitrogen and oxygen atoms in total. The molecule has 1 heterocycles. The summed E-state index contributed by atoms with van der Waals surface area (Å²) in [5.74, 6) is 1.04. The van der Waals surface area contributed by atoms with Gasteiger partial charge in [0.25, 0.3) is 0 Å². The maximum atomic E-state index is 8.14. The molecule has 1 atom stereocenters. The highest BCUT2D eigenvalue weighted by atomic mass is 32.2. The van der Waals surface area contributed by atoms with Crippen LogP contribution in [0, 0.1) is 11.3 Å². The molecule has 0 bridgehead atoms. The summed E-state index contributed by atoms with van der Waals surface area (Å²) >= 11 is 1.94. The fourth-order valence-corrected chi connectivity index (χ4v) is 2.42. The van der Waals surface area contributed by atoms with Crippen molar-refractivity contribution in [3.63, 3.8) is 0 Å². The minimum absolute atomic E-state index is 0.389. The summed E-state index contributed by atoms with van der Waals surface area (Å²) in [5.41, 5.74) is 0. The Labute approximate surface area is 133 Å². The van der Waals surface area contributed by atoms with Gasteiger partial charge in [-0.2, -0.15) is 17.0 Å². The first kappa shape index (κ1) is 19.6. The lowest BCUT2D eigenvalue weighted by Crippen LogP contribution is -2.63. The molecule has 0 N–H and O–H groups in total. The summed E-state index contributed by atoms with van der Waals surface area (Å²) in [6, 6.07) is 2.13. The lowest BCUT2D eigenvalue weighted by Gasteiger charge is -2.25. The molecule has 0 aromatic heterocycles. The maximum absolute atomic E-state index is 8.14. The van der Waals surface area contributed by atoms with Crippen LogP contribution in [0.5, 0.6) is 0 Å². The van der Waals surface area contributed by atoms with Crippen LogP contribution in [0.15, 0.2) is 0 Å². The summed E-state index contributed by atoms with van der Waals surface area (Å²) in [7, 11) is 34.9. The van der Waals surface area contributed by atoms with Crippen LogP contribution in [0.2, 0.25) is 6.32 Å². The third-order valence-corrected chi connectivity index (χ3v) is 4.03. The van der Waals surface area contributed by atoms with Gasteiger partial charge in [-0.05, 0) is 5.15 Å². The van der Waals surface area contributed by atoms with E-state index in [-0.39, 0.29) is 6.39 Å². The standard InChI is InChI=1S/C5H8BNS.B11/c7-2-1-3-8-5-4-6-5;1-7-10(6)11(8(2)3)9(4)5/h5-6H,1,3-4H2;. The van der Waals surface area contributed by atoms with E-state index in [2.05, 4.69) is 6.07 Å². The van der Waals surface area contributed by atoms with Gasteiger partial charge in [0.2, 0.25) is 0 Å². The number of nitrogens with zero attached hydrogens (tertiary/aromatic N) is 1. The zero-order chi connectivity index (χ0) is 14.8. The minimum atomic E-state index is -0.648. The van der Waals surface area contributed by atoms with Crippen molar-refractivity contribution in [1.29, 1.82) is 5.26 Å². The van der Waals surface area contributed by atoms with Crippen LogP contribution in [-0.4, -0.2) is 97.2 Å². The van der Waals surface area contributed by atoms with Gasteiger partial charge in [0.1, 0.15) is 7.28 Å². The highest BCUT2D eigenvalue weighted by Crippen LogP contribution is 2.26. The van der Waals surface area contributed by atoms with Crippen LogP contribution in [0.25, 0.3) is 0 Å². The average Bonchev–Trinajstić information content (AvgIpc) is 3.13. The van der Waals surface area contributed by atoms with Gasteiger partial charge >= 0.3 is 0 Å². The van der Waals surface area contributed by atoms with Crippen LogP contribution in [0.4, 0.5) is 0 Å². The van der Waals surface area contributed by atoms with Crippen molar-refractivity contribution >= 4 is 98.1 Å². The van der Waals surface area contributed by atoms with Gasteiger partial charge in [0, 0.05) is 91.2 Å². The minimum Gasteiger partial charge on any atom is -0.198 e. The Bertz CT molecular complexity index is 257. The Morgan fingerprint density at radius 2 is 1.79 bits per heavy atom. The highest BCUT2D eigenvalue weighted by Gasteiger charge is 2.26. The summed E-state index contributed by atoms with van der Waals surface area (Å²) in [5, 5.41) is 9.06. The van der Waals surface area contributed by atoms with E-state index in [9.17, 15) is 0 Å². The van der Waals surface area contributed by atoms with Crippen molar-refractivity contribution in [2.24, 2.45) is 0 Å². The second-order valence-electron chi connectivity index (χ2n) is 4.48. The monoisotopic (exact) mass is 246 g/mol. The molecule has 19 heavy (non-hydrogen) atoms. The van der Waals surface area contributed by atoms with E-state index in [4.69, 9.17) is 51.7 Å². The van der Waals surface area contributed by atoms with Gasteiger partial charge in [-0.25, -0.2) is 0 Å². The van der Waals surface area contributed by atoms with Gasteiger partial charge < -0.3 is 0 Å². The third-order valence-electron chi connectivity index (χ3n) is 2.65. The molecule has 1 rings (SSSR count). The van der Waals surface area contributed by atoms with E-state index >= 15 is 0 Å². The van der Waals surface area contributed by atoms with Gasteiger partial charge in [-0.15, -0.1) is 0 Å². The Hall–Kier alpha value is 0.619. The normalized spacial score (nSPS) is 14.8. The predicted octanol–water partition coefficient (Wildman–Crippen LogP) is -3.36. The fourth-order valence-electron chi connectivity index (χ4n) is 1.40. The Balaban J connectivity index is 0.000000356. The number of hydrogen-bond acceptors (Lipinski definition) is 2.